The van der Waals surface area contributed by atoms with Gasteiger partial charge >= 0.3 is 0 Å². The summed E-state index contributed by atoms with van der Waals surface area (Å²) in [6, 6.07) is 0. The summed E-state index contributed by atoms with van der Waals surface area (Å²) in [4.78, 5) is 0. The Labute approximate surface area is 94.8 Å². The molecule has 1 fully saturated rings. The summed E-state index contributed by atoms with van der Waals surface area (Å²) in [6.45, 7) is 6.42. The molecule has 0 bridgehead atoms. The van der Waals surface area contributed by atoms with Gasteiger partial charge in [0, 0.05) is 13.2 Å². The van der Waals surface area contributed by atoms with Crippen molar-refractivity contribution < 1.29 is 4.74 Å². The molecule has 1 rings (SSSR count). The van der Waals surface area contributed by atoms with Crippen molar-refractivity contribution in [2.24, 2.45) is 5.92 Å². The number of rotatable bonds is 11. The number of nitrogens with one attached hydrogen (secondary N) is 1. The van der Waals surface area contributed by atoms with Crippen LogP contribution in [0, 0.1) is 5.92 Å². The summed E-state index contributed by atoms with van der Waals surface area (Å²) in [5, 5.41) is 3.35. The van der Waals surface area contributed by atoms with Crippen molar-refractivity contribution in [1.82, 2.24) is 5.32 Å². The Hall–Kier alpha value is -0.0800. The fourth-order valence-corrected chi connectivity index (χ4v) is 1.74. The minimum Gasteiger partial charge on any atom is -0.381 e. The predicted molar refractivity (Wildman–Crippen MR) is 65.2 cm³/mol. The van der Waals surface area contributed by atoms with E-state index in [1.807, 2.05) is 0 Å². The molecule has 1 N–H and O–H groups in total. The van der Waals surface area contributed by atoms with Gasteiger partial charge in [0.15, 0.2) is 0 Å². The smallest absolute Gasteiger partial charge is 0.0468 e. The maximum absolute atomic E-state index is 5.60. The summed E-state index contributed by atoms with van der Waals surface area (Å²) in [5.74, 6) is 1.02. The van der Waals surface area contributed by atoms with Gasteiger partial charge < -0.3 is 10.1 Å². The molecule has 0 aliphatic heterocycles. The van der Waals surface area contributed by atoms with Crippen LogP contribution < -0.4 is 5.32 Å². The summed E-state index contributed by atoms with van der Waals surface area (Å²) >= 11 is 0. The molecule has 1 aliphatic rings. The molecule has 1 aliphatic carbocycles. The lowest BCUT2D eigenvalue weighted by atomic mass is 10.2. The van der Waals surface area contributed by atoms with Crippen LogP contribution in [0.4, 0.5) is 0 Å². The SMILES string of the molecule is CCNCCCCCCOCCC1CC1. The van der Waals surface area contributed by atoms with E-state index in [-0.39, 0.29) is 0 Å². The average Bonchev–Trinajstić information content (AvgIpc) is 3.05. The molecule has 0 aromatic carbocycles. The highest BCUT2D eigenvalue weighted by atomic mass is 16.5. The molecule has 0 atom stereocenters. The van der Waals surface area contributed by atoms with E-state index in [9.17, 15) is 0 Å². The van der Waals surface area contributed by atoms with Crippen LogP contribution in [0.2, 0.25) is 0 Å². The lowest BCUT2D eigenvalue weighted by molar-refractivity contribution is 0.124. The van der Waals surface area contributed by atoms with Crippen LogP contribution in [-0.4, -0.2) is 26.3 Å². The van der Waals surface area contributed by atoms with Gasteiger partial charge in [-0.05, 0) is 38.3 Å². The molecule has 0 unspecified atom stereocenters. The third kappa shape index (κ3) is 8.88. The van der Waals surface area contributed by atoms with Crippen molar-refractivity contribution in [1.29, 1.82) is 0 Å². The van der Waals surface area contributed by atoms with E-state index in [1.165, 1.54) is 51.5 Å². The van der Waals surface area contributed by atoms with Crippen molar-refractivity contribution in [3.63, 3.8) is 0 Å². The number of hydrogen-bond donors (Lipinski definition) is 1. The molecule has 2 heteroatoms. The second kappa shape index (κ2) is 9.17. The van der Waals surface area contributed by atoms with E-state index >= 15 is 0 Å². The lowest BCUT2D eigenvalue weighted by Gasteiger charge is -2.04. The Kier molecular flexibility index (Phi) is 7.94. The molecule has 0 spiro atoms. The largest absolute Gasteiger partial charge is 0.381 e. The number of unbranched alkanes of at least 4 members (excludes halogenated alkanes) is 3. The number of ether oxygens (including phenoxy) is 1. The second-order valence-corrected chi connectivity index (χ2v) is 4.61. The monoisotopic (exact) mass is 213 g/mol. The first-order valence-corrected chi connectivity index (χ1v) is 6.72. The maximum Gasteiger partial charge on any atom is 0.0468 e. The summed E-state index contributed by atoms with van der Waals surface area (Å²) in [6.07, 6.45) is 9.45. The fourth-order valence-electron chi connectivity index (χ4n) is 1.74. The Bertz CT molecular complexity index is 134. The van der Waals surface area contributed by atoms with Crippen LogP contribution in [0.25, 0.3) is 0 Å². The average molecular weight is 213 g/mol. The molecule has 0 saturated heterocycles. The lowest BCUT2D eigenvalue weighted by Crippen LogP contribution is -2.13. The van der Waals surface area contributed by atoms with Gasteiger partial charge in [-0.15, -0.1) is 0 Å². The highest BCUT2D eigenvalue weighted by molar-refractivity contribution is 4.72. The van der Waals surface area contributed by atoms with Gasteiger partial charge in [0.05, 0.1) is 0 Å². The maximum atomic E-state index is 5.60. The van der Waals surface area contributed by atoms with E-state index in [1.54, 1.807) is 0 Å². The standard InChI is InChI=1S/C13H27NO/c1-2-14-10-5-3-4-6-11-15-12-9-13-7-8-13/h13-14H,2-12H2,1H3. The molecule has 0 heterocycles. The second-order valence-electron chi connectivity index (χ2n) is 4.61. The Morgan fingerprint density at radius 3 is 2.60 bits per heavy atom. The highest BCUT2D eigenvalue weighted by Crippen LogP contribution is 2.32. The molecule has 15 heavy (non-hydrogen) atoms. The van der Waals surface area contributed by atoms with Gasteiger partial charge in [-0.1, -0.05) is 32.6 Å². The minimum atomic E-state index is 0.980. The third-order valence-corrected chi connectivity index (χ3v) is 3.01. The first-order valence-electron chi connectivity index (χ1n) is 6.72. The zero-order chi connectivity index (χ0) is 10.8. The molecule has 0 radical (unpaired) electrons. The van der Waals surface area contributed by atoms with Crippen LogP contribution in [-0.2, 0) is 4.74 Å². The fraction of sp³-hybridized carbons (Fsp3) is 1.00. The van der Waals surface area contributed by atoms with E-state index in [4.69, 9.17) is 4.74 Å². The first-order chi connectivity index (χ1) is 7.43. The molecule has 0 aromatic heterocycles. The van der Waals surface area contributed by atoms with E-state index in [0.29, 0.717) is 0 Å². The Morgan fingerprint density at radius 1 is 1.07 bits per heavy atom. The zero-order valence-electron chi connectivity index (χ0n) is 10.3. The van der Waals surface area contributed by atoms with E-state index < -0.39 is 0 Å². The Balaban J connectivity index is 1.62. The molecule has 0 amide bonds. The van der Waals surface area contributed by atoms with Crippen LogP contribution in [0.1, 0.15) is 51.9 Å². The quantitative estimate of drug-likeness (QED) is 0.533. The van der Waals surface area contributed by atoms with Gasteiger partial charge in [0.25, 0.3) is 0 Å². The van der Waals surface area contributed by atoms with Crippen molar-refractivity contribution in [2.45, 2.75) is 51.9 Å². The van der Waals surface area contributed by atoms with Crippen LogP contribution in [0.15, 0.2) is 0 Å². The van der Waals surface area contributed by atoms with Gasteiger partial charge in [0.1, 0.15) is 0 Å². The minimum absolute atomic E-state index is 0.980. The van der Waals surface area contributed by atoms with Crippen molar-refractivity contribution >= 4 is 0 Å². The van der Waals surface area contributed by atoms with Crippen LogP contribution >= 0.6 is 0 Å². The van der Waals surface area contributed by atoms with Crippen LogP contribution in [0.5, 0.6) is 0 Å². The van der Waals surface area contributed by atoms with Crippen LogP contribution in [0.3, 0.4) is 0 Å². The van der Waals surface area contributed by atoms with Crippen molar-refractivity contribution in [2.75, 3.05) is 26.3 Å². The predicted octanol–water partition coefficient (Wildman–Crippen LogP) is 2.97. The molecular weight excluding hydrogens is 186 g/mol. The summed E-state index contributed by atoms with van der Waals surface area (Å²) in [7, 11) is 0. The topological polar surface area (TPSA) is 21.3 Å². The zero-order valence-corrected chi connectivity index (χ0v) is 10.3. The molecule has 0 aromatic rings. The van der Waals surface area contributed by atoms with Gasteiger partial charge in [-0.2, -0.15) is 0 Å². The molecule has 1 saturated carbocycles. The molecule has 2 nitrogen and oxygen atoms in total. The number of hydrogen-bond acceptors (Lipinski definition) is 2. The Morgan fingerprint density at radius 2 is 1.87 bits per heavy atom. The van der Waals surface area contributed by atoms with Gasteiger partial charge in [0.2, 0.25) is 0 Å². The normalized spacial score (nSPS) is 15.8. The molecule has 90 valence electrons. The third-order valence-electron chi connectivity index (χ3n) is 3.01. The first kappa shape index (κ1) is 13.0. The van der Waals surface area contributed by atoms with Gasteiger partial charge in [-0.3, -0.25) is 0 Å². The highest BCUT2D eigenvalue weighted by Gasteiger charge is 2.20. The summed E-state index contributed by atoms with van der Waals surface area (Å²) < 4.78 is 5.60. The van der Waals surface area contributed by atoms with Crippen molar-refractivity contribution in [3.8, 4) is 0 Å². The summed E-state index contributed by atoms with van der Waals surface area (Å²) in [5.41, 5.74) is 0. The van der Waals surface area contributed by atoms with E-state index in [2.05, 4.69) is 12.2 Å². The molecular formula is C13H27NO. The van der Waals surface area contributed by atoms with Gasteiger partial charge in [-0.25, -0.2) is 0 Å². The van der Waals surface area contributed by atoms with Crippen molar-refractivity contribution in [3.05, 3.63) is 0 Å². The van der Waals surface area contributed by atoms with E-state index in [0.717, 1.165) is 25.7 Å².